The molecule has 0 spiro atoms. The Balaban J connectivity index is 2.55. The van der Waals surface area contributed by atoms with Crippen LogP contribution in [0.1, 0.15) is 0 Å². The van der Waals surface area contributed by atoms with Gasteiger partial charge in [0.2, 0.25) is 0 Å². The van der Waals surface area contributed by atoms with Gasteiger partial charge >= 0.3 is 6.09 Å². The number of amides is 1. The van der Waals surface area contributed by atoms with Crippen LogP contribution in [0.5, 0.6) is 0 Å². The fourth-order valence-corrected chi connectivity index (χ4v) is 2.39. The molecule has 1 aliphatic heterocycles. The number of hydroxylamine groups is 2. The number of para-hydroxylation sites is 1. The van der Waals surface area contributed by atoms with E-state index in [2.05, 4.69) is 0 Å². The first-order valence-corrected chi connectivity index (χ1v) is 4.70. The molecule has 0 radical (unpaired) electrons. The van der Waals surface area contributed by atoms with Crippen molar-refractivity contribution in [1.82, 2.24) is 4.65 Å². The summed E-state index contributed by atoms with van der Waals surface area (Å²) in [4.78, 5) is 11.6. The molecular formula is C8H8NO3S+. The molecule has 1 aromatic rings. The van der Waals surface area contributed by atoms with Crippen LogP contribution in [-0.2, 0) is 0 Å². The molecule has 1 heterocycles. The van der Waals surface area contributed by atoms with Crippen molar-refractivity contribution in [3.8, 4) is 0 Å². The van der Waals surface area contributed by atoms with Crippen molar-refractivity contribution >= 4 is 23.5 Å². The minimum absolute atomic E-state index is 0.134. The molecule has 0 fully saturated rings. The van der Waals surface area contributed by atoms with Gasteiger partial charge in [-0.2, -0.15) is 10.0 Å². The Morgan fingerprint density at radius 1 is 1.46 bits per heavy atom. The second-order valence-electron chi connectivity index (χ2n) is 2.79. The van der Waals surface area contributed by atoms with E-state index in [0.717, 1.165) is 4.90 Å². The van der Waals surface area contributed by atoms with Crippen molar-refractivity contribution < 1.29 is 15.1 Å². The Bertz CT molecular complexity index is 368. The summed E-state index contributed by atoms with van der Waals surface area (Å²) in [5.74, 6) is 0.134. The fraction of sp³-hybridized carbons (Fsp3) is 0.125. The summed E-state index contributed by atoms with van der Waals surface area (Å²) in [5, 5.41) is 18.6. The standard InChI is InChI=1S/C8H7NO3S/c10-8(11)9(12)5-13-7-4-2-1-3-6(7)9/h1-4,12H,5H2/p+1. The topological polar surface area (TPSA) is 57.5 Å². The number of fused-ring (bicyclic) bond motifs is 1. The highest BCUT2D eigenvalue weighted by molar-refractivity contribution is 7.99. The van der Waals surface area contributed by atoms with E-state index >= 15 is 0 Å². The van der Waals surface area contributed by atoms with Crippen LogP contribution in [-0.4, -0.2) is 22.3 Å². The Morgan fingerprint density at radius 3 is 2.85 bits per heavy atom. The first-order chi connectivity index (χ1) is 6.14. The third-order valence-electron chi connectivity index (χ3n) is 1.99. The van der Waals surface area contributed by atoms with Gasteiger partial charge in [-0.05, 0) is 10.7 Å². The van der Waals surface area contributed by atoms with E-state index in [1.165, 1.54) is 11.8 Å². The van der Waals surface area contributed by atoms with E-state index in [1.807, 2.05) is 6.07 Å². The van der Waals surface area contributed by atoms with Gasteiger partial charge < -0.3 is 5.11 Å². The normalized spacial score (nSPS) is 25.6. The predicted octanol–water partition coefficient (Wildman–Crippen LogP) is 2.12. The van der Waals surface area contributed by atoms with Gasteiger partial charge in [-0.15, -0.1) is 0 Å². The molecular weight excluding hydrogens is 190 g/mol. The van der Waals surface area contributed by atoms with Gasteiger partial charge in [0.15, 0.2) is 11.6 Å². The smallest absolute Gasteiger partial charge is 0.433 e. The maximum Gasteiger partial charge on any atom is 0.553 e. The summed E-state index contributed by atoms with van der Waals surface area (Å²) in [6.45, 7) is 0. The number of nitrogens with zero attached hydrogens (tertiary/aromatic N) is 1. The number of hydrogen-bond acceptors (Lipinski definition) is 3. The summed E-state index contributed by atoms with van der Waals surface area (Å²) in [6, 6.07) is 6.98. The maximum atomic E-state index is 10.8. The van der Waals surface area contributed by atoms with Crippen molar-refractivity contribution in [2.45, 2.75) is 4.90 Å². The number of carboxylic acid groups (broad SMARTS) is 1. The van der Waals surface area contributed by atoms with Crippen LogP contribution >= 0.6 is 11.8 Å². The second-order valence-corrected chi connectivity index (χ2v) is 3.78. The maximum absolute atomic E-state index is 10.8. The molecule has 0 saturated heterocycles. The average Bonchev–Trinajstić information content (AvgIpc) is 2.47. The zero-order chi connectivity index (χ0) is 9.47. The molecule has 2 N–H and O–H groups in total. The number of carbonyl (C=O) groups is 1. The summed E-state index contributed by atoms with van der Waals surface area (Å²) >= 11 is 1.34. The van der Waals surface area contributed by atoms with Crippen molar-refractivity contribution in [3.05, 3.63) is 24.3 Å². The molecule has 0 aliphatic carbocycles. The summed E-state index contributed by atoms with van der Waals surface area (Å²) < 4.78 is -1.01. The van der Waals surface area contributed by atoms with Crippen LogP contribution in [0.2, 0.25) is 0 Å². The SMILES string of the molecule is O=C(O)[N+]1(O)CSc2ccccc21. The van der Waals surface area contributed by atoms with Crippen LogP contribution in [0.25, 0.3) is 0 Å². The van der Waals surface area contributed by atoms with Crippen LogP contribution in [0, 0.1) is 0 Å². The van der Waals surface area contributed by atoms with Crippen LogP contribution in [0.15, 0.2) is 29.2 Å². The van der Waals surface area contributed by atoms with Crippen molar-refractivity contribution in [2.75, 3.05) is 5.88 Å². The molecule has 2 rings (SSSR count). The van der Waals surface area contributed by atoms with Crippen molar-refractivity contribution in [2.24, 2.45) is 0 Å². The first kappa shape index (κ1) is 8.55. The molecule has 0 saturated carbocycles. The first-order valence-electron chi connectivity index (χ1n) is 3.71. The molecule has 0 aromatic heterocycles. The molecule has 1 aliphatic rings. The molecule has 1 aromatic carbocycles. The lowest BCUT2D eigenvalue weighted by atomic mass is 10.3. The Hall–Kier alpha value is -1.04. The van der Waals surface area contributed by atoms with E-state index in [1.54, 1.807) is 18.2 Å². The zero-order valence-electron chi connectivity index (χ0n) is 6.67. The van der Waals surface area contributed by atoms with E-state index in [9.17, 15) is 10.0 Å². The van der Waals surface area contributed by atoms with E-state index in [-0.39, 0.29) is 5.88 Å². The van der Waals surface area contributed by atoms with Gasteiger partial charge in [0.1, 0.15) is 0 Å². The third-order valence-corrected chi connectivity index (χ3v) is 3.15. The lowest BCUT2D eigenvalue weighted by Crippen LogP contribution is -2.47. The molecule has 0 bridgehead atoms. The molecule has 68 valence electrons. The van der Waals surface area contributed by atoms with Gasteiger partial charge in [0.25, 0.3) is 0 Å². The van der Waals surface area contributed by atoms with Crippen LogP contribution in [0.4, 0.5) is 10.5 Å². The van der Waals surface area contributed by atoms with E-state index in [4.69, 9.17) is 5.11 Å². The number of benzene rings is 1. The lowest BCUT2D eigenvalue weighted by Gasteiger charge is -2.16. The minimum Gasteiger partial charge on any atom is -0.433 e. The number of quaternary nitrogens is 1. The van der Waals surface area contributed by atoms with Gasteiger partial charge in [-0.3, -0.25) is 0 Å². The van der Waals surface area contributed by atoms with Crippen molar-refractivity contribution in [1.29, 1.82) is 0 Å². The van der Waals surface area contributed by atoms with Crippen LogP contribution in [0.3, 0.4) is 0 Å². The molecule has 1 unspecified atom stereocenters. The summed E-state index contributed by atoms with van der Waals surface area (Å²) in [5.41, 5.74) is 0.444. The average molecular weight is 198 g/mol. The molecule has 1 amide bonds. The fourth-order valence-electron chi connectivity index (χ4n) is 1.28. The third kappa shape index (κ3) is 1.13. The predicted molar refractivity (Wildman–Crippen MR) is 48.8 cm³/mol. The summed E-state index contributed by atoms with van der Waals surface area (Å²) in [7, 11) is 0. The minimum atomic E-state index is -1.24. The molecule has 13 heavy (non-hydrogen) atoms. The summed E-state index contributed by atoms with van der Waals surface area (Å²) in [6.07, 6.45) is -1.24. The highest BCUT2D eigenvalue weighted by Crippen LogP contribution is 2.42. The van der Waals surface area contributed by atoms with Crippen LogP contribution < -0.4 is 4.65 Å². The second kappa shape index (κ2) is 2.73. The monoisotopic (exact) mass is 198 g/mol. The number of hydrogen-bond donors (Lipinski definition) is 2. The Morgan fingerprint density at radius 2 is 2.15 bits per heavy atom. The zero-order valence-corrected chi connectivity index (χ0v) is 7.49. The molecule has 1 atom stereocenters. The van der Waals surface area contributed by atoms with Gasteiger partial charge in [-0.25, -0.2) is 0 Å². The Kier molecular flexibility index (Phi) is 1.80. The molecule has 4 nitrogen and oxygen atoms in total. The number of thioether (sulfide) groups is 1. The molecule has 5 heteroatoms. The van der Waals surface area contributed by atoms with Gasteiger partial charge in [-0.1, -0.05) is 23.9 Å². The van der Waals surface area contributed by atoms with E-state index in [0.29, 0.717) is 5.69 Å². The number of rotatable bonds is 0. The lowest BCUT2D eigenvalue weighted by molar-refractivity contribution is -0.0378. The highest BCUT2D eigenvalue weighted by atomic mass is 32.2. The van der Waals surface area contributed by atoms with E-state index < -0.39 is 10.7 Å². The van der Waals surface area contributed by atoms with Gasteiger partial charge in [0.05, 0.1) is 4.90 Å². The largest absolute Gasteiger partial charge is 0.553 e. The highest BCUT2D eigenvalue weighted by Gasteiger charge is 2.46. The quantitative estimate of drug-likeness (QED) is 0.495. The Labute approximate surface area is 79.0 Å². The van der Waals surface area contributed by atoms with Gasteiger partial charge in [0, 0.05) is 6.07 Å². The van der Waals surface area contributed by atoms with Crippen molar-refractivity contribution in [3.63, 3.8) is 0 Å².